The second kappa shape index (κ2) is 16.0. The van der Waals surface area contributed by atoms with E-state index in [1.165, 1.54) is 0 Å². The summed E-state index contributed by atoms with van der Waals surface area (Å²) in [6.45, 7) is 13.7. The van der Waals surface area contributed by atoms with Gasteiger partial charge in [-0.05, 0) is 88.4 Å². The van der Waals surface area contributed by atoms with Gasteiger partial charge >= 0.3 is 0 Å². The second-order valence-electron chi connectivity index (χ2n) is 12.7. The summed E-state index contributed by atoms with van der Waals surface area (Å²) in [5, 5.41) is 21.7. The molecule has 0 spiro atoms. The van der Waals surface area contributed by atoms with Crippen LogP contribution in [-0.2, 0) is 11.8 Å². The third-order valence-electron chi connectivity index (χ3n) is 8.27. The summed E-state index contributed by atoms with van der Waals surface area (Å²) in [4.78, 5) is 17.8. The molecule has 0 saturated carbocycles. The molecule has 0 bridgehead atoms. The maximum atomic E-state index is 13.9. The van der Waals surface area contributed by atoms with Gasteiger partial charge in [0.15, 0.2) is 23.0 Å². The number of carbonyl (C=O) groups excluding carboxylic acids is 1. The first-order valence-corrected chi connectivity index (χ1v) is 15.3. The standard InChI is InChI=1S/C35H53N3O6/c1-12-16-38(34(4,5)6)33(40)28-20-32(44-11)30(42-9)18-25(28)15-17-37(7)22-27(39)21-35(23-36,24(2)3)26-13-14-29(41-8)31(19-26)43-10/h13-14,18-20,24,27,39H,12,15-17,21-22H2,1-11H3. The van der Waals surface area contributed by atoms with Gasteiger partial charge in [-0.25, -0.2) is 0 Å². The van der Waals surface area contributed by atoms with Gasteiger partial charge in [0.05, 0.1) is 46.0 Å². The van der Waals surface area contributed by atoms with E-state index < -0.39 is 11.5 Å². The monoisotopic (exact) mass is 611 g/mol. The van der Waals surface area contributed by atoms with Gasteiger partial charge in [-0.3, -0.25) is 4.79 Å². The van der Waals surface area contributed by atoms with Crippen molar-refractivity contribution in [2.75, 3.05) is 55.1 Å². The predicted octanol–water partition coefficient (Wildman–Crippen LogP) is 5.71. The van der Waals surface area contributed by atoms with Gasteiger partial charge in [-0.1, -0.05) is 26.8 Å². The van der Waals surface area contributed by atoms with Gasteiger partial charge in [0.25, 0.3) is 5.91 Å². The molecular weight excluding hydrogens is 558 g/mol. The molecule has 2 aromatic carbocycles. The van der Waals surface area contributed by atoms with Crippen molar-refractivity contribution in [3.05, 3.63) is 47.0 Å². The number of carbonyl (C=O) groups is 1. The van der Waals surface area contributed by atoms with Gasteiger partial charge in [-0.2, -0.15) is 5.26 Å². The van der Waals surface area contributed by atoms with Crippen LogP contribution in [0.1, 0.15) is 75.9 Å². The van der Waals surface area contributed by atoms with Crippen LogP contribution in [-0.4, -0.2) is 87.6 Å². The highest BCUT2D eigenvalue weighted by atomic mass is 16.5. The summed E-state index contributed by atoms with van der Waals surface area (Å²) in [7, 11) is 8.22. The van der Waals surface area contributed by atoms with Crippen LogP contribution < -0.4 is 18.9 Å². The molecule has 0 radical (unpaired) electrons. The number of nitriles is 1. The van der Waals surface area contributed by atoms with Crippen molar-refractivity contribution < 1.29 is 28.8 Å². The Kier molecular flexibility index (Phi) is 13.4. The molecule has 9 heteroatoms. The molecule has 44 heavy (non-hydrogen) atoms. The highest BCUT2D eigenvalue weighted by Crippen LogP contribution is 2.40. The quantitative estimate of drug-likeness (QED) is 0.257. The average Bonchev–Trinajstić information content (AvgIpc) is 2.99. The molecular formula is C35H53N3O6. The molecule has 9 nitrogen and oxygen atoms in total. The Bertz CT molecular complexity index is 1280. The lowest BCUT2D eigenvalue weighted by molar-refractivity contribution is 0.0580. The zero-order valence-electron chi connectivity index (χ0n) is 28.6. The minimum absolute atomic E-state index is 0.0522. The second-order valence-corrected chi connectivity index (χ2v) is 12.7. The summed E-state index contributed by atoms with van der Waals surface area (Å²) < 4.78 is 22.0. The lowest BCUT2D eigenvalue weighted by Crippen LogP contribution is -2.46. The minimum Gasteiger partial charge on any atom is -0.493 e. The Labute approximate surface area is 264 Å². The summed E-state index contributed by atoms with van der Waals surface area (Å²) >= 11 is 0. The number of hydrogen-bond donors (Lipinski definition) is 1. The van der Waals surface area contributed by atoms with Crippen LogP contribution in [0.2, 0.25) is 0 Å². The fourth-order valence-electron chi connectivity index (χ4n) is 5.68. The van der Waals surface area contributed by atoms with Crippen molar-refractivity contribution in [3.63, 3.8) is 0 Å². The Morgan fingerprint density at radius 2 is 1.50 bits per heavy atom. The number of likely N-dealkylation sites (N-methyl/N-ethyl adjacent to an activating group) is 1. The maximum absolute atomic E-state index is 13.9. The number of nitrogens with zero attached hydrogens (tertiary/aromatic N) is 3. The van der Waals surface area contributed by atoms with Crippen molar-refractivity contribution in [2.45, 2.75) is 77.9 Å². The van der Waals surface area contributed by atoms with Crippen molar-refractivity contribution in [3.8, 4) is 29.1 Å². The Morgan fingerprint density at radius 1 is 0.932 bits per heavy atom. The zero-order valence-corrected chi connectivity index (χ0v) is 28.6. The van der Waals surface area contributed by atoms with Gasteiger partial charge in [-0.15, -0.1) is 0 Å². The molecule has 2 rings (SSSR count). The van der Waals surface area contributed by atoms with Crippen LogP contribution in [0, 0.1) is 17.2 Å². The third-order valence-corrected chi connectivity index (χ3v) is 8.27. The summed E-state index contributed by atoms with van der Waals surface area (Å²) in [6.07, 6.45) is 0.870. The Morgan fingerprint density at radius 3 is 2.00 bits per heavy atom. The minimum atomic E-state index is -0.932. The van der Waals surface area contributed by atoms with E-state index >= 15 is 0 Å². The first-order chi connectivity index (χ1) is 20.7. The number of rotatable bonds is 16. The zero-order chi connectivity index (χ0) is 33.2. The molecule has 0 aliphatic carbocycles. The molecule has 0 aliphatic rings. The average molecular weight is 612 g/mol. The first kappa shape index (κ1) is 36.7. The molecule has 0 heterocycles. The van der Waals surface area contributed by atoms with Gasteiger partial charge in [0.1, 0.15) is 0 Å². The maximum Gasteiger partial charge on any atom is 0.254 e. The third kappa shape index (κ3) is 8.58. The van der Waals surface area contributed by atoms with E-state index in [1.807, 2.05) is 69.7 Å². The van der Waals surface area contributed by atoms with E-state index in [1.54, 1.807) is 40.6 Å². The summed E-state index contributed by atoms with van der Waals surface area (Å²) in [5.41, 5.74) is 0.919. The number of methoxy groups -OCH3 is 4. The Hall–Kier alpha value is -3.48. The van der Waals surface area contributed by atoms with Crippen molar-refractivity contribution >= 4 is 5.91 Å². The highest BCUT2D eigenvalue weighted by Gasteiger charge is 2.39. The van der Waals surface area contributed by atoms with Crippen molar-refractivity contribution in [1.82, 2.24) is 9.80 Å². The van der Waals surface area contributed by atoms with E-state index in [0.29, 0.717) is 54.6 Å². The van der Waals surface area contributed by atoms with E-state index in [-0.39, 0.29) is 23.8 Å². The fraction of sp³-hybridized carbons (Fsp3) is 0.600. The normalized spacial score (nSPS) is 13.7. The molecule has 1 N–H and O–H groups in total. The SMILES string of the molecule is CCCN(C(=O)c1cc(OC)c(OC)cc1CCN(C)CC(O)CC(C#N)(c1ccc(OC)c(OC)c1)C(C)C)C(C)(C)C. The van der Waals surface area contributed by atoms with E-state index in [4.69, 9.17) is 18.9 Å². The highest BCUT2D eigenvalue weighted by molar-refractivity contribution is 5.97. The van der Waals surface area contributed by atoms with Crippen LogP contribution in [0.25, 0.3) is 0 Å². The number of aliphatic hydroxyl groups excluding tert-OH is 1. The van der Waals surface area contributed by atoms with E-state index in [0.717, 1.165) is 17.5 Å². The van der Waals surface area contributed by atoms with Crippen LogP contribution in [0.3, 0.4) is 0 Å². The number of hydrogen-bond acceptors (Lipinski definition) is 8. The first-order valence-electron chi connectivity index (χ1n) is 15.3. The molecule has 244 valence electrons. The molecule has 1 amide bonds. The van der Waals surface area contributed by atoms with Crippen LogP contribution >= 0.6 is 0 Å². The predicted molar refractivity (Wildman–Crippen MR) is 174 cm³/mol. The lowest BCUT2D eigenvalue weighted by Gasteiger charge is -2.36. The van der Waals surface area contributed by atoms with Crippen molar-refractivity contribution in [2.24, 2.45) is 5.92 Å². The fourth-order valence-corrected chi connectivity index (χ4v) is 5.68. The number of benzene rings is 2. The van der Waals surface area contributed by atoms with Crippen molar-refractivity contribution in [1.29, 1.82) is 5.26 Å². The van der Waals surface area contributed by atoms with Crippen LogP contribution in [0.15, 0.2) is 30.3 Å². The van der Waals surface area contributed by atoms with Gasteiger partial charge < -0.3 is 33.9 Å². The largest absolute Gasteiger partial charge is 0.493 e. The smallest absolute Gasteiger partial charge is 0.254 e. The molecule has 2 aromatic rings. The van der Waals surface area contributed by atoms with E-state index in [9.17, 15) is 15.2 Å². The van der Waals surface area contributed by atoms with E-state index in [2.05, 4.69) is 13.0 Å². The summed E-state index contributed by atoms with van der Waals surface area (Å²) in [5.74, 6) is 2.07. The molecule has 2 atom stereocenters. The molecule has 0 aromatic heterocycles. The molecule has 0 aliphatic heterocycles. The number of aliphatic hydroxyl groups is 1. The Balaban J connectivity index is 2.31. The molecule has 0 saturated heterocycles. The lowest BCUT2D eigenvalue weighted by atomic mass is 9.69. The van der Waals surface area contributed by atoms with Gasteiger partial charge in [0, 0.05) is 30.7 Å². The number of ether oxygens (including phenoxy) is 4. The van der Waals surface area contributed by atoms with Crippen LogP contribution in [0.5, 0.6) is 23.0 Å². The van der Waals surface area contributed by atoms with Crippen LogP contribution in [0.4, 0.5) is 0 Å². The molecule has 2 unspecified atom stereocenters. The molecule has 0 fully saturated rings. The topological polar surface area (TPSA) is 104 Å². The summed E-state index contributed by atoms with van der Waals surface area (Å²) in [6, 6.07) is 11.7. The van der Waals surface area contributed by atoms with Gasteiger partial charge in [0.2, 0.25) is 0 Å². The number of amides is 1.